The number of nitrogens with zero attached hydrogens (tertiary/aromatic N) is 4. The Kier molecular flexibility index (Phi) is 6.47. The molecule has 210 valence electrons. The maximum Gasteiger partial charge on any atom is 0.259 e. The number of hydrogen-bond acceptors (Lipinski definition) is 5. The molecular formula is C32H31ClFN5O2. The van der Waals surface area contributed by atoms with Crippen molar-refractivity contribution in [2.24, 2.45) is 12.5 Å². The molecule has 0 radical (unpaired) electrons. The zero-order valence-electron chi connectivity index (χ0n) is 22.8. The Morgan fingerprint density at radius 1 is 1.12 bits per heavy atom. The molecular weight excluding hydrogens is 541 g/mol. The van der Waals surface area contributed by atoms with Crippen LogP contribution in [0.2, 0.25) is 5.02 Å². The lowest BCUT2D eigenvalue weighted by Crippen LogP contribution is -2.65. The van der Waals surface area contributed by atoms with Gasteiger partial charge in [-0.15, -0.1) is 0 Å². The summed E-state index contributed by atoms with van der Waals surface area (Å²) in [5.41, 5.74) is 2.59. The summed E-state index contributed by atoms with van der Waals surface area (Å²) in [5, 5.41) is 10.4. The zero-order chi connectivity index (χ0) is 28.1. The summed E-state index contributed by atoms with van der Waals surface area (Å²) >= 11 is 6.32. The van der Waals surface area contributed by atoms with E-state index in [4.69, 9.17) is 16.3 Å². The number of aryl methyl sites for hydroxylation is 1. The Morgan fingerprint density at radius 3 is 2.73 bits per heavy atom. The molecule has 3 heterocycles. The van der Waals surface area contributed by atoms with E-state index < -0.39 is 0 Å². The van der Waals surface area contributed by atoms with Crippen LogP contribution in [0.1, 0.15) is 18.4 Å². The van der Waals surface area contributed by atoms with Gasteiger partial charge in [-0.2, -0.15) is 5.10 Å². The molecule has 0 amide bonds. The monoisotopic (exact) mass is 571 g/mol. The quantitative estimate of drug-likeness (QED) is 0.259. The van der Waals surface area contributed by atoms with Crippen LogP contribution >= 0.6 is 11.6 Å². The zero-order valence-corrected chi connectivity index (χ0v) is 23.6. The highest BCUT2D eigenvalue weighted by molar-refractivity contribution is 6.35. The van der Waals surface area contributed by atoms with Gasteiger partial charge in [0.15, 0.2) is 0 Å². The van der Waals surface area contributed by atoms with Gasteiger partial charge in [-0.1, -0.05) is 41.9 Å². The molecule has 1 saturated heterocycles. The minimum absolute atomic E-state index is 0.121. The number of halogens is 2. The van der Waals surface area contributed by atoms with E-state index in [0.717, 1.165) is 54.3 Å². The highest BCUT2D eigenvalue weighted by Crippen LogP contribution is 2.50. The van der Waals surface area contributed by atoms with Gasteiger partial charge in [-0.3, -0.25) is 9.48 Å². The molecule has 2 aliphatic rings. The van der Waals surface area contributed by atoms with E-state index in [9.17, 15) is 9.18 Å². The van der Waals surface area contributed by atoms with Gasteiger partial charge in [-0.05, 0) is 48.7 Å². The molecule has 9 heteroatoms. The second-order valence-corrected chi connectivity index (χ2v) is 12.0. The van der Waals surface area contributed by atoms with Crippen LogP contribution in [0, 0.1) is 11.2 Å². The minimum Gasteiger partial charge on any atom is -0.490 e. The average molecular weight is 572 g/mol. The predicted molar refractivity (Wildman–Crippen MR) is 160 cm³/mol. The molecule has 0 unspecified atom stereocenters. The topological polar surface area (TPSA) is 64.3 Å². The molecule has 41 heavy (non-hydrogen) atoms. The second kappa shape index (κ2) is 10.2. The second-order valence-electron chi connectivity index (χ2n) is 11.6. The molecule has 7 nitrogen and oxygen atoms in total. The maximum atomic E-state index is 14.8. The molecule has 7 rings (SSSR count). The summed E-state index contributed by atoms with van der Waals surface area (Å²) in [6.07, 6.45) is 5.74. The molecule has 1 aliphatic heterocycles. The lowest BCUT2D eigenvalue weighted by atomic mass is 9.62. The summed E-state index contributed by atoms with van der Waals surface area (Å²) in [6.45, 7) is 4.19. The van der Waals surface area contributed by atoms with Crippen molar-refractivity contribution in [2.45, 2.75) is 25.5 Å². The number of fused-ring (bicyclic) bond motifs is 2. The van der Waals surface area contributed by atoms with Crippen molar-refractivity contribution >= 4 is 39.0 Å². The highest BCUT2D eigenvalue weighted by atomic mass is 35.5. The predicted octanol–water partition coefficient (Wildman–Crippen LogP) is 5.68. The van der Waals surface area contributed by atoms with Gasteiger partial charge in [0.1, 0.15) is 11.6 Å². The number of rotatable bonds is 8. The molecule has 0 bridgehead atoms. The van der Waals surface area contributed by atoms with Gasteiger partial charge < -0.3 is 19.5 Å². The first-order valence-corrected chi connectivity index (χ1v) is 14.4. The molecule has 2 aromatic heterocycles. The summed E-state index contributed by atoms with van der Waals surface area (Å²) in [6, 6.07) is 19.0. The number of likely N-dealkylation sites (tertiary alicyclic amines) is 1. The van der Waals surface area contributed by atoms with Crippen LogP contribution in [0.25, 0.3) is 21.7 Å². The van der Waals surface area contributed by atoms with E-state index in [1.54, 1.807) is 31.4 Å². The van der Waals surface area contributed by atoms with Crippen LogP contribution in [-0.2, 0) is 13.6 Å². The van der Waals surface area contributed by atoms with Crippen LogP contribution in [0.4, 0.5) is 10.1 Å². The highest BCUT2D eigenvalue weighted by Gasteiger charge is 2.53. The summed E-state index contributed by atoms with van der Waals surface area (Å²) in [5.74, 6) is 0.453. The molecule has 1 N–H and O–H groups in total. The van der Waals surface area contributed by atoms with Crippen LogP contribution in [0.5, 0.6) is 5.75 Å². The van der Waals surface area contributed by atoms with Crippen molar-refractivity contribution in [3.05, 3.63) is 99.8 Å². The lowest BCUT2D eigenvalue weighted by molar-refractivity contribution is -0.117. The van der Waals surface area contributed by atoms with Crippen molar-refractivity contribution in [3.8, 4) is 5.75 Å². The first-order chi connectivity index (χ1) is 19.9. The number of nitrogens with one attached hydrogen (secondary N) is 1. The molecule has 3 aromatic carbocycles. The van der Waals surface area contributed by atoms with Crippen LogP contribution < -0.4 is 15.6 Å². The van der Waals surface area contributed by atoms with Gasteiger partial charge in [0.25, 0.3) is 5.56 Å². The normalized spacial score (nSPS) is 16.7. The fraction of sp³-hybridized carbons (Fsp3) is 0.312. The minimum atomic E-state index is -0.261. The summed E-state index contributed by atoms with van der Waals surface area (Å²) in [7, 11) is 1.72. The average Bonchev–Trinajstić information content (AvgIpc) is 3.30. The van der Waals surface area contributed by atoms with Crippen LogP contribution in [-0.4, -0.2) is 51.5 Å². The Balaban J connectivity index is 0.905. The number of benzene rings is 3. The Morgan fingerprint density at radius 2 is 1.93 bits per heavy atom. The van der Waals surface area contributed by atoms with E-state index >= 15 is 0 Å². The number of anilines is 1. The van der Waals surface area contributed by atoms with Gasteiger partial charge in [0.05, 0.1) is 34.3 Å². The Bertz CT molecular complexity index is 1800. The van der Waals surface area contributed by atoms with Crippen LogP contribution in [0.15, 0.2) is 77.9 Å². The first kappa shape index (κ1) is 26.0. The maximum absolute atomic E-state index is 14.8. The van der Waals surface area contributed by atoms with E-state index in [1.807, 2.05) is 41.2 Å². The smallest absolute Gasteiger partial charge is 0.259 e. The van der Waals surface area contributed by atoms with Gasteiger partial charge in [0, 0.05) is 61.8 Å². The fourth-order valence-corrected chi connectivity index (χ4v) is 6.65. The van der Waals surface area contributed by atoms with Gasteiger partial charge in [-0.25, -0.2) is 4.39 Å². The van der Waals surface area contributed by atoms with Crippen molar-refractivity contribution in [3.63, 3.8) is 0 Å². The molecule has 0 atom stereocenters. The molecule has 5 aromatic rings. The van der Waals surface area contributed by atoms with E-state index in [2.05, 4.69) is 27.4 Å². The summed E-state index contributed by atoms with van der Waals surface area (Å²) in [4.78, 5) is 15.0. The first-order valence-electron chi connectivity index (χ1n) is 14.0. The largest absolute Gasteiger partial charge is 0.490 e. The number of aromatic nitrogens is 3. The van der Waals surface area contributed by atoms with Crippen LogP contribution in [0.3, 0.4) is 0 Å². The molecule has 1 spiro atoms. The standard InChI is InChI=1S/C32H31ClFN5O2/c1-37-11-9-24-29(8-7-25(33)30(24)31(37)40)41-23-15-32(16-23)19-38(20-32)12-10-35-28-14-27-22(13-26(28)34)18-39(36-27)17-21-5-3-2-4-6-21/h2-9,11,13-14,18,23,35H,10,12,15-17,19-20H2,1H3. The van der Waals surface area contributed by atoms with E-state index in [0.29, 0.717) is 40.4 Å². The van der Waals surface area contributed by atoms with Gasteiger partial charge in [0.2, 0.25) is 0 Å². The summed E-state index contributed by atoms with van der Waals surface area (Å²) < 4.78 is 24.5. The number of ether oxygens (including phenoxy) is 1. The Labute approximate surface area is 242 Å². The molecule has 2 fully saturated rings. The Hall–Kier alpha value is -3.88. The SMILES string of the molecule is Cn1ccc2c(OC3CC4(C3)CN(CCNc3cc5nn(Cc6ccccc6)cc5cc3F)C4)ccc(Cl)c2c1=O. The van der Waals surface area contributed by atoms with Crippen molar-refractivity contribution in [1.29, 1.82) is 0 Å². The molecule has 1 saturated carbocycles. The van der Waals surface area contributed by atoms with Crippen molar-refractivity contribution < 1.29 is 9.13 Å². The van der Waals surface area contributed by atoms with Gasteiger partial charge >= 0.3 is 0 Å². The van der Waals surface area contributed by atoms with E-state index in [-0.39, 0.29) is 17.5 Å². The third-order valence-electron chi connectivity index (χ3n) is 8.46. The van der Waals surface area contributed by atoms with E-state index in [1.165, 1.54) is 4.57 Å². The third kappa shape index (κ3) is 4.96. The lowest BCUT2D eigenvalue weighted by Gasteiger charge is -2.58. The fourth-order valence-electron chi connectivity index (χ4n) is 6.41. The number of hydrogen-bond donors (Lipinski definition) is 1. The van der Waals surface area contributed by atoms with Crippen molar-refractivity contribution in [1.82, 2.24) is 19.2 Å². The van der Waals surface area contributed by atoms with Crippen molar-refractivity contribution in [2.75, 3.05) is 31.5 Å². The molecule has 1 aliphatic carbocycles. The number of pyridine rings is 1. The third-order valence-corrected chi connectivity index (χ3v) is 8.77.